The molecule has 2 heterocycles. The highest BCUT2D eigenvalue weighted by Crippen LogP contribution is 2.27. The molecule has 0 spiro atoms. The van der Waals surface area contributed by atoms with Crippen LogP contribution in [0.2, 0.25) is 0 Å². The van der Waals surface area contributed by atoms with E-state index in [4.69, 9.17) is 4.74 Å². The van der Waals surface area contributed by atoms with Gasteiger partial charge in [0.05, 0.1) is 6.10 Å². The molecule has 0 radical (unpaired) electrons. The van der Waals surface area contributed by atoms with Crippen LogP contribution < -0.4 is 5.32 Å². The average Bonchev–Trinajstić information content (AvgIpc) is 2.66. The first kappa shape index (κ1) is 12.3. The van der Waals surface area contributed by atoms with Gasteiger partial charge in [-0.25, -0.2) is 0 Å². The van der Waals surface area contributed by atoms with Crippen LogP contribution in [0.25, 0.3) is 0 Å². The summed E-state index contributed by atoms with van der Waals surface area (Å²) >= 11 is 0. The van der Waals surface area contributed by atoms with Crippen LogP contribution in [-0.2, 0) is 4.74 Å². The minimum atomic E-state index is 0.483. The first-order valence-electron chi connectivity index (χ1n) is 6.76. The van der Waals surface area contributed by atoms with E-state index in [2.05, 4.69) is 24.1 Å². The summed E-state index contributed by atoms with van der Waals surface area (Å²) in [5.74, 6) is 0. The second kappa shape index (κ2) is 5.48. The zero-order valence-corrected chi connectivity index (χ0v) is 10.8. The summed E-state index contributed by atoms with van der Waals surface area (Å²) in [6.45, 7) is 11.4. The van der Waals surface area contributed by atoms with Crippen LogP contribution in [0.15, 0.2) is 0 Å². The fraction of sp³-hybridized carbons (Fsp3) is 1.00. The first-order chi connectivity index (χ1) is 7.72. The van der Waals surface area contributed by atoms with Gasteiger partial charge in [0.15, 0.2) is 0 Å². The second-order valence-corrected chi connectivity index (χ2v) is 5.69. The van der Waals surface area contributed by atoms with Crippen molar-refractivity contribution >= 4 is 0 Å². The lowest BCUT2D eigenvalue weighted by Crippen LogP contribution is -2.45. The number of hydrogen-bond acceptors (Lipinski definition) is 3. The predicted molar refractivity (Wildman–Crippen MR) is 66.7 cm³/mol. The maximum atomic E-state index is 5.75. The molecule has 3 heteroatoms. The van der Waals surface area contributed by atoms with Gasteiger partial charge in [0.2, 0.25) is 0 Å². The van der Waals surface area contributed by atoms with Gasteiger partial charge in [-0.05, 0) is 44.7 Å². The van der Waals surface area contributed by atoms with Crippen molar-refractivity contribution in [2.75, 3.05) is 39.3 Å². The molecule has 2 rings (SSSR count). The highest BCUT2D eigenvalue weighted by atomic mass is 16.5. The SMILES string of the molecule is CCOC1CCCN(CC2(C)CCNC2)C1. The van der Waals surface area contributed by atoms with Crippen LogP contribution >= 0.6 is 0 Å². The Hall–Kier alpha value is -0.120. The van der Waals surface area contributed by atoms with Crippen molar-refractivity contribution in [1.82, 2.24) is 10.2 Å². The predicted octanol–water partition coefficient (Wildman–Crippen LogP) is 1.49. The van der Waals surface area contributed by atoms with Crippen molar-refractivity contribution in [2.45, 2.75) is 39.2 Å². The lowest BCUT2D eigenvalue weighted by molar-refractivity contribution is -0.00356. The van der Waals surface area contributed by atoms with Crippen molar-refractivity contribution in [3.63, 3.8) is 0 Å². The quantitative estimate of drug-likeness (QED) is 0.786. The Morgan fingerprint density at radius 2 is 2.38 bits per heavy atom. The molecule has 1 N–H and O–H groups in total. The van der Waals surface area contributed by atoms with Crippen molar-refractivity contribution in [2.24, 2.45) is 5.41 Å². The van der Waals surface area contributed by atoms with Crippen molar-refractivity contribution in [1.29, 1.82) is 0 Å². The number of rotatable bonds is 4. The minimum Gasteiger partial charge on any atom is -0.377 e. The lowest BCUT2D eigenvalue weighted by atomic mass is 9.88. The molecule has 2 unspecified atom stereocenters. The molecular formula is C13H26N2O. The zero-order chi connectivity index (χ0) is 11.4. The highest BCUT2D eigenvalue weighted by molar-refractivity contribution is 4.88. The van der Waals surface area contributed by atoms with Crippen LogP contribution in [0.3, 0.4) is 0 Å². The standard InChI is InChI=1S/C13H26N2O/c1-3-16-12-5-4-8-15(9-12)11-13(2)6-7-14-10-13/h12,14H,3-11H2,1-2H3. The third-order valence-electron chi connectivity index (χ3n) is 3.93. The van der Waals surface area contributed by atoms with Gasteiger partial charge in [0.25, 0.3) is 0 Å². The molecule has 16 heavy (non-hydrogen) atoms. The van der Waals surface area contributed by atoms with Gasteiger partial charge in [0, 0.05) is 26.2 Å². The summed E-state index contributed by atoms with van der Waals surface area (Å²) in [7, 11) is 0. The molecule has 2 atom stereocenters. The Morgan fingerprint density at radius 1 is 1.50 bits per heavy atom. The van der Waals surface area contributed by atoms with E-state index in [1.165, 1.54) is 45.4 Å². The molecule has 2 saturated heterocycles. The van der Waals surface area contributed by atoms with Gasteiger partial charge in [-0.1, -0.05) is 6.92 Å². The molecule has 2 fully saturated rings. The van der Waals surface area contributed by atoms with Crippen LogP contribution in [0.5, 0.6) is 0 Å². The van der Waals surface area contributed by atoms with E-state index in [-0.39, 0.29) is 0 Å². The maximum Gasteiger partial charge on any atom is 0.0702 e. The maximum absolute atomic E-state index is 5.75. The Kier molecular flexibility index (Phi) is 4.22. The average molecular weight is 226 g/mol. The number of nitrogens with zero attached hydrogens (tertiary/aromatic N) is 1. The van der Waals surface area contributed by atoms with Gasteiger partial charge >= 0.3 is 0 Å². The molecular weight excluding hydrogens is 200 g/mol. The van der Waals surface area contributed by atoms with Gasteiger partial charge in [-0.2, -0.15) is 0 Å². The Balaban J connectivity index is 1.80. The van der Waals surface area contributed by atoms with Gasteiger partial charge < -0.3 is 15.0 Å². The third-order valence-corrected chi connectivity index (χ3v) is 3.93. The molecule has 0 aromatic rings. The van der Waals surface area contributed by atoms with Crippen molar-refractivity contribution in [3.8, 4) is 0 Å². The Labute approximate surface area is 99.5 Å². The normalized spacial score (nSPS) is 36.8. The fourth-order valence-electron chi connectivity index (χ4n) is 3.07. The zero-order valence-electron chi connectivity index (χ0n) is 10.8. The number of nitrogens with one attached hydrogen (secondary N) is 1. The summed E-state index contributed by atoms with van der Waals surface area (Å²) in [5.41, 5.74) is 0.494. The molecule has 0 saturated carbocycles. The van der Waals surface area contributed by atoms with E-state index < -0.39 is 0 Å². The third kappa shape index (κ3) is 3.19. The van der Waals surface area contributed by atoms with E-state index in [0.29, 0.717) is 11.5 Å². The number of ether oxygens (including phenoxy) is 1. The second-order valence-electron chi connectivity index (χ2n) is 5.69. The lowest BCUT2D eigenvalue weighted by Gasteiger charge is -2.37. The van der Waals surface area contributed by atoms with Gasteiger partial charge in [-0.15, -0.1) is 0 Å². The molecule has 0 aromatic heterocycles. The number of likely N-dealkylation sites (tertiary alicyclic amines) is 1. The summed E-state index contributed by atoms with van der Waals surface area (Å²) in [6.07, 6.45) is 4.35. The molecule has 2 aliphatic heterocycles. The van der Waals surface area contributed by atoms with Crippen LogP contribution in [0.1, 0.15) is 33.1 Å². The molecule has 0 amide bonds. The first-order valence-corrected chi connectivity index (χ1v) is 6.76. The van der Waals surface area contributed by atoms with E-state index in [1.54, 1.807) is 0 Å². The van der Waals surface area contributed by atoms with Crippen LogP contribution in [0, 0.1) is 5.41 Å². The highest BCUT2D eigenvalue weighted by Gasteiger charge is 2.32. The Morgan fingerprint density at radius 3 is 3.06 bits per heavy atom. The van der Waals surface area contributed by atoms with E-state index in [9.17, 15) is 0 Å². The molecule has 0 aliphatic carbocycles. The number of hydrogen-bond donors (Lipinski definition) is 1. The van der Waals surface area contributed by atoms with Crippen LogP contribution in [0.4, 0.5) is 0 Å². The van der Waals surface area contributed by atoms with Crippen LogP contribution in [-0.4, -0.2) is 50.3 Å². The molecule has 0 aromatic carbocycles. The smallest absolute Gasteiger partial charge is 0.0702 e. The summed E-state index contributed by atoms with van der Waals surface area (Å²) < 4.78 is 5.75. The minimum absolute atomic E-state index is 0.483. The van der Waals surface area contributed by atoms with Gasteiger partial charge in [-0.3, -0.25) is 0 Å². The summed E-state index contributed by atoms with van der Waals surface area (Å²) in [5, 5.41) is 3.48. The fourth-order valence-corrected chi connectivity index (χ4v) is 3.07. The van der Waals surface area contributed by atoms with Gasteiger partial charge in [0.1, 0.15) is 0 Å². The molecule has 94 valence electrons. The van der Waals surface area contributed by atoms with E-state index in [0.717, 1.165) is 13.2 Å². The molecule has 0 bridgehead atoms. The number of piperidine rings is 1. The molecule has 2 aliphatic rings. The topological polar surface area (TPSA) is 24.5 Å². The van der Waals surface area contributed by atoms with E-state index >= 15 is 0 Å². The Bertz CT molecular complexity index is 212. The molecule has 3 nitrogen and oxygen atoms in total. The summed E-state index contributed by atoms with van der Waals surface area (Å²) in [6, 6.07) is 0. The van der Waals surface area contributed by atoms with E-state index in [1.807, 2.05) is 0 Å². The summed E-state index contributed by atoms with van der Waals surface area (Å²) in [4.78, 5) is 2.61. The monoisotopic (exact) mass is 226 g/mol. The van der Waals surface area contributed by atoms with Crippen molar-refractivity contribution in [3.05, 3.63) is 0 Å². The van der Waals surface area contributed by atoms with Crippen molar-refractivity contribution < 1.29 is 4.74 Å². The largest absolute Gasteiger partial charge is 0.377 e.